The van der Waals surface area contributed by atoms with Gasteiger partial charge in [0.1, 0.15) is 5.76 Å². The molecule has 9 heteroatoms. The van der Waals surface area contributed by atoms with Crippen molar-refractivity contribution < 1.29 is 33.0 Å². The van der Waals surface area contributed by atoms with Crippen LogP contribution < -0.4 is 9.47 Å². The van der Waals surface area contributed by atoms with Gasteiger partial charge in [0, 0.05) is 0 Å². The summed E-state index contributed by atoms with van der Waals surface area (Å²) in [5.41, 5.74) is 0.699. The molecule has 1 atom stereocenters. The molecule has 1 aliphatic rings. The third kappa shape index (κ3) is 5.11. The maximum Gasteiger partial charge on any atom is 0.373 e. The maximum atomic E-state index is 12.8. The highest BCUT2D eigenvalue weighted by Gasteiger charge is 2.35. The molecule has 31 heavy (non-hydrogen) atoms. The van der Waals surface area contributed by atoms with Crippen molar-refractivity contribution in [3.05, 3.63) is 52.3 Å². The number of ether oxygens (including phenoxy) is 3. The first-order valence-corrected chi connectivity index (χ1v) is 10.4. The second kappa shape index (κ2) is 9.74. The summed E-state index contributed by atoms with van der Waals surface area (Å²) >= 11 is 0.839. The fraction of sp³-hybridized carbons (Fsp3) is 0.318. The number of methoxy groups -OCH3 is 2. The van der Waals surface area contributed by atoms with Gasteiger partial charge in [-0.05, 0) is 61.0 Å². The Hall–Kier alpha value is -3.20. The molecular formula is C22H23NO7S. The molecule has 0 radical (unpaired) electrons. The third-order valence-electron chi connectivity index (χ3n) is 4.62. The van der Waals surface area contributed by atoms with E-state index < -0.39 is 17.1 Å². The number of carbonyl (C=O) groups excluding carboxylic acids is 3. The van der Waals surface area contributed by atoms with E-state index >= 15 is 0 Å². The molecule has 2 heterocycles. The number of hydrogen-bond acceptors (Lipinski definition) is 8. The van der Waals surface area contributed by atoms with Gasteiger partial charge in [0.25, 0.3) is 11.1 Å². The maximum absolute atomic E-state index is 12.8. The van der Waals surface area contributed by atoms with E-state index in [0.29, 0.717) is 22.8 Å². The van der Waals surface area contributed by atoms with E-state index in [0.717, 1.165) is 23.1 Å². The van der Waals surface area contributed by atoms with E-state index in [1.54, 1.807) is 31.4 Å². The van der Waals surface area contributed by atoms with Crippen LogP contribution in [0.5, 0.6) is 11.5 Å². The minimum Gasteiger partial charge on any atom is -0.493 e. The number of nitrogens with zero attached hydrogens (tertiary/aromatic N) is 1. The van der Waals surface area contributed by atoms with Gasteiger partial charge in [0.05, 0.1) is 31.8 Å². The van der Waals surface area contributed by atoms with Crippen molar-refractivity contribution in [3.8, 4) is 11.5 Å². The van der Waals surface area contributed by atoms with Crippen LogP contribution in [-0.4, -0.2) is 42.3 Å². The van der Waals surface area contributed by atoms with Gasteiger partial charge in [-0.3, -0.25) is 14.5 Å². The predicted molar refractivity (Wildman–Crippen MR) is 115 cm³/mol. The first kappa shape index (κ1) is 22.5. The zero-order chi connectivity index (χ0) is 22.5. The highest BCUT2D eigenvalue weighted by Crippen LogP contribution is 2.35. The average molecular weight is 445 g/mol. The molecule has 1 aromatic carbocycles. The quantitative estimate of drug-likeness (QED) is 0.433. The summed E-state index contributed by atoms with van der Waals surface area (Å²) in [5, 5.41) is -0.420. The number of amides is 2. The Labute approximate surface area is 184 Å². The molecule has 3 rings (SSSR count). The number of benzene rings is 1. The Morgan fingerprint density at radius 3 is 2.65 bits per heavy atom. The molecule has 1 aromatic heterocycles. The first-order chi connectivity index (χ1) is 14.9. The van der Waals surface area contributed by atoms with Crippen LogP contribution >= 0.6 is 11.8 Å². The molecule has 0 aliphatic carbocycles. The van der Waals surface area contributed by atoms with E-state index in [1.807, 2.05) is 13.8 Å². The molecule has 2 aromatic rings. The van der Waals surface area contributed by atoms with Crippen LogP contribution in [0.25, 0.3) is 6.08 Å². The Kier molecular flexibility index (Phi) is 7.06. The smallest absolute Gasteiger partial charge is 0.373 e. The van der Waals surface area contributed by atoms with Gasteiger partial charge >= 0.3 is 5.97 Å². The van der Waals surface area contributed by atoms with Crippen LogP contribution in [0.4, 0.5) is 4.79 Å². The van der Waals surface area contributed by atoms with Crippen LogP contribution in [0.2, 0.25) is 0 Å². The molecule has 0 spiro atoms. The summed E-state index contributed by atoms with van der Waals surface area (Å²) in [6.45, 7) is 3.92. The van der Waals surface area contributed by atoms with E-state index in [-0.39, 0.29) is 23.3 Å². The first-order valence-electron chi connectivity index (χ1n) is 9.63. The zero-order valence-electron chi connectivity index (χ0n) is 17.7. The van der Waals surface area contributed by atoms with Crippen molar-refractivity contribution in [2.75, 3.05) is 14.2 Å². The lowest BCUT2D eigenvalue weighted by Crippen LogP contribution is -2.27. The second-order valence-electron chi connectivity index (χ2n) is 6.77. The summed E-state index contributed by atoms with van der Waals surface area (Å²) in [4.78, 5) is 38.0. The Bertz CT molecular complexity index is 1030. The van der Waals surface area contributed by atoms with Crippen molar-refractivity contribution in [1.82, 2.24) is 4.90 Å². The fourth-order valence-electron chi connectivity index (χ4n) is 2.79. The molecule has 2 amide bonds. The lowest BCUT2D eigenvalue weighted by molar-refractivity contribution is -0.123. The second-order valence-corrected chi connectivity index (χ2v) is 7.77. The number of imide groups is 1. The van der Waals surface area contributed by atoms with Crippen molar-refractivity contribution in [3.63, 3.8) is 0 Å². The number of rotatable bonds is 8. The van der Waals surface area contributed by atoms with Crippen LogP contribution in [0.15, 0.2) is 39.7 Å². The number of carbonyl (C=O) groups is 3. The van der Waals surface area contributed by atoms with Gasteiger partial charge in [0.15, 0.2) is 11.5 Å². The lowest BCUT2D eigenvalue weighted by Gasteiger charge is -2.15. The van der Waals surface area contributed by atoms with E-state index in [9.17, 15) is 14.4 Å². The van der Waals surface area contributed by atoms with Crippen molar-refractivity contribution in [2.45, 2.75) is 32.9 Å². The van der Waals surface area contributed by atoms with Gasteiger partial charge in [-0.1, -0.05) is 13.0 Å². The van der Waals surface area contributed by atoms with Crippen molar-refractivity contribution in [1.29, 1.82) is 0 Å². The molecular weight excluding hydrogens is 422 g/mol. The minimum atomic E-state index is -0.630. The highest BCUT2D eigenvalue weighted by atomic mass is 32.2. The molecule has 0 unspecified atom stereocenters. The largest absolute Gasteiger partial charge is 0.493 e. The van der Waals surface area contributed by atoms with Crippen molar-refractivity contribution in [2.24, 2.45) is 0 Å². The molecule has 1 fully saturated rings. The fourth-order valence-corrected chi connectivity index (χ4v) is 3.63. The molecule has 1 aliphatic heterocycles. The SMILES string of the molecule is CC[C@@H](C)Oc1ccc(/C=C2/SC(=O)N(Cc3ccc(C(=O)OC)o3)C2=O)cc1OC. The van der Waals surface area contributed by atoms with Crippen LogP contribution in [0.3, 0.4) is 0 Å². The number of furan rings is 1. The van der Waals surface area contributed by atoms with Gasteiger partial charge < -0.3 is 18.6 Å². The average Bonchev–Trinajstić information content (AvgIpc) is 3.34. The minimum absolute atomic E-state index is 0.00630. The predicted octanol–water partition coefficient (Wildman–Crippen LogP) is 4.49. The Morgan fingerprint density at radius 2 is 1.97 bits per heavy atom. The highest BCUT2D eigenvalue weighted by molar-refractivity contribution is 8.18. The van der Waals surface area contributed by atoms with Crippen LogP contribution in [0, 0.1) is 0 Å². The normalized spacial score (nSPS) is 16.0. The van der Waals surface area contributed by atoms with Gasteiger partial charge in [-0.2, -0.15) is 0 Å². The summed E-state index contributed by atoms with van der Waals surface area (Å²) in [6, 6.07) is 8.29. The zero-order valence-corrected chi connectivity index (χ0v) is 18.5. The standard InChI is InChI=1S/C22H23NO7S/c1-5-13(2)29-16-8-6-14(10-18(16)27-3)11-19-20(24)23(22(26)31-19)12-15-7-9-17(30-15)21(25)28-4/h6-11,13H,5,12H2,1-4H3/b19-11+/t13-/m1/s1. The molecule has 0 N–H and O–H groups in total. The molecule has 0 bridgehead atoms. The van der Waals surface area contributed by atoms with Crippen LogP contribution in [-0.2, 0) is 16.1 Å². The topological polar surface area (TPSA) is 95.3 Å². The summed E-state index contributed by atoms with van der Waals surface area (Å²) in [7, 11) is 2.78. The van der Waals surface area contributed by atoms with E-state index in [1.165, 1.54) is 19.2 Å². The number of thioether (sulfide) groups is 1. The number of hydrogen-bond donors (Lipinski definition) is 0. The Balaban J connectivity index is 1.76. The summed E-state index contributed by atoms with van der Waals surface area (Å²) < 4.78 is 21.2. The third-order valence-corrected chi connectivity index (χ3v) is 5.53. The summed E-state index contributed by atoms with van der Waals surface area (Å²) in [5.74, 6) is 0.393. The molecule has 164 valence electrons. The molecule has 8 nitrogen and oxygen atoms in total. The van der Waals surface area contributed by atoms with E-state index in [4.69, 9.17) is 13.9 Å². The molecule has 0 saturated carbocycles. The van der Waals surface area contributed by atoms with Gasteiger partial charge in [0.2, 0.25) is 5.76 Å². The van der Waals surface area contributed by atoms with Crippen LogP contribution in [0.1, 0.15) is 42.1 Å². The van der Waals surface area contributed by atoms with Crippen molar-refractivity contribution >= 4 is 35.0 Å². The van der Waals surface area contributed by atoms with E-state index in [2.05, 4.69) is 4.74 Å². The summed E-state index contributed by atoms with van der Waals surface area (Å²) in [6.07, 6.45) is 2.52. The molecule has 1 saturated heterocycles. The Morgan fingerprint density at radius 1 is 1.19 bits per heavy atom. The lowest BCUT2D eigenvalue weighted by atomic mass is 10.1. The number of esters is 1. The van der Waals surface area contributed by atoms with Gasteiger partial charge in [-0.15, -0.1) is 0 Å². The monoisotopic (exact) mass is 445 g/mol. The van der Waals surface area contributed by atoms with Gasteiger partial charge in [-0.25, -0.2) is 4.79 Å².